The number of rotatable bonds is 14. The van der Waals surface area contributed by atoms with Crippen molar-refractivity contribution >= 4 is 89.2 Å². The minimum atomic E-state index is -0.450. The summed E-state index contributed by atoms with van der Waals surface area (Å²) in [4.78, 5) is 28.4. The Morgan fingerprint density at radius 1 is 0.339 bits per heavy atom. The van der Waals surface area contributed by atoms with Gasteiger partial charge in [0.05, 0.1) is 17.1 Å². The summed E-state index contributed by atoms with van der Waals surface area (Å²) in [6.45, 7) is 19.1. The fourth-order valence-electron chi connectivity index (χ4n) is 14.2. The van der Waals surface area contributed by atoms with E-state index in [1.165, 1.54) is 10.8 Å². The molecule has 3 aliphatic rings. The first-order chi connectivity index (χ1) is 51.6. The molecular weight excluding hydrogens is 1890 g/mol. The predicted octanol–water partition coefficient (Wildman–Crippen LogP) is 20.7. The first-order valence-electron chi connectivity index (χ1n) is 35.2. The third-order valence-electron chi connectivity index (χ3n) is 20.1. The Morgan fingerprint density at radius 2 is 0.761 bits per heavy atom. The van der Waals surface area contributed by atoms with E-state index in [0.29, 0.717) is 0 Å². The number of phenolic OH excluding ortho intramolecular Hbond substituents is 3. The van der Waals surface area contributed by atoms with Crippen LogP contribution in [-0.2, 0) is 79.8 Å². The summed E-state index contributed by atoms with van der Waals surface area (Å²) in [6.07, 6.45) is 13.4. The number of hydrogen-bond acceptors (Lipinski definition) is 13. The predicted molar refractivity (Wildman–Crippen MR) is 427 cm³/mol. The average molecular weight is 1970 g/mol. The maximum atomic E-state index is 10.6. The molecule has 0 saturated heterocycles. The molecule has 8 heterocycles. The standard InChI is InChI=1S/C33H26N4O.C29H24N4O.C29H26N4O.3Pt/c1-33(2,36-22-35(27-13-5-6-14-28(27)36)29-15-7-8-16-31(29)38)23-18-19-25-24-11-3-4-12-26(24)37(30(25)21-23)32-17-9-10-20-34-32;1-29(2,32-18-17-31(20-32)25-11-5-6-12-27(25)34)21-14-15-23-22-9-3-4-10-24(22)33(26(23)19-21)28-13-7-8-16-30-28;1-29(2,32-20-19-31(22-32)26-15-6-7-16-27(26)34)23-11-10-14-25(21-23)33(24-12-4-3-5-13-24)28-17-8-9-18-30-28;;;/h3-20,22,38H,1-2H3;3-18,20,34H,1-2H3;3-20,22,34H,1-2H3;;;/q3*-2;3*+2. The number of pyridine rings is 3. The van der Waals surface area contributed by atoms with Crippen molar-refractivity contribution in [2.24, 2.45) is 0 Å². The second kappa shape index (κ2) is 31.9. The van der Waals surface area contributed by atoms with Crippen LogP contribution >= 0.6 is 0 Å². The third-order valence-corrected chi connectivity index (χ3v) is 20.1. The molecule has 15 nitrogen and oxygen atoms in total. The molecule has 3 N–H and O–H groups in total. The van der Waals surface area contributed by atoms with Crippen molar-refractivity contribution in [3.05, 3.63) is 371 Å². The number of aromatic nitrogens is 5. The van der Waals surface area contributed by atoms with Crippen LogP contribution in [0.2, 0.25) is 0 Å². The molecule has 18 heteroatoms. The van der Waals surface area contributed by atoms with Gasteiger partial charge in [-0.15, -0.1) is 40.2 Å². The zero-order chi connectivity index (χ0) is 72.7. The van der Waals surface area contributed by atoms with Gasteiger partial charge in [0.1, 0.15) is 34.7 Å². The summed E-state index contributed by atoms with van der Waals surface area (Å²) in [5.74, 6) is 3.30. The SMILES string of the molecule is CC(C)(c1[c-]c(N(c2ccccc2)c2ccccn2)ccc1)N1C=CN(c2ccccc2O)[CH-]1.CC(C)(c1[c-]c2c(cc1)c1ccccc1n2-c1ccccn1)N1C=CN(c2ccccc2O)[CH-]1.CC(C)(c1[c-]c2c(cc1)c1ccccc1n2-c1ccccn1)N1[CH-]N(c2ccccc2O)c2ccccc21.[Pt+2].[Pt+2].[Pt+2]. The molecule has 0 saturated carbocycles. The van der Waals surface area contributed by atoms with Crippen LogP contribution in [0.5, 0.6) is 17.2 Å². The summed E-state index contributed by atoms with van der Waals surface area (Å²) in [5.41, 5.74) is 12.4. The van der Waals surface area contributed by atoms with Crippen LogP contribution < -0.4 is 24.5 Å². The number of anilines is 8. The molecule has 15 aromatic rings. The van der Waals surface area contributed by atoms with Gasteiger partial charge >= 0.3 is 63.2 Å². The molecule has 5 aromatic heterocycles. The Balaban J connectivity index is 0.000000142. The molecule has 3 aliphatic heterocycles. The van der Waals surface area contributed by atoms with Gasteiger partial charge in [-0.3, -0.25) is 0 Å². The van der Waals surface area contributed by atoms with Crippen molar-refractivity contribution in [1.29, 1.82) is 0 Å². The second-order valence-corrected chi connectivity index (χ2v) is 27.6. The molecule has 0 fully saturated rings. The topological polar surface area (TPSA) is 132 Å². The third kappa shape index (κ3) is 14.5. The van der Waals surface area contributed by atoms with Gasteiger partial charge in [0.2, 0.25) is 0 Å². The largest absolute Gasteiger partial charge is 2.00 e. The van der Waals surface area contributed by atoms with E-state index in [1.54, 1.807) is 24.4 Å². The number of nitrogens with zero attached hydrogens (tertiary/aromatic N) is 12. The fourth-order valence-corrected chi connectivity index (χ4v) is 14.2. The van der Waals surface area contributed by atoms with E-state index in [0.717, 1.165) is 107 Å². The number of aromatic hydroxyl groups is 3. The molecule has 0 radical (unpaired) electrons. The molecule has 0 unspecified atom stereocenters. The van der Waals surface area contributed by atoms with Crippen molar-refractivity contribution in [3.63, 3.8) is 0 Å². The number of para-hydroxylation sites is 11. The molecule has 0 atom stereocenters. The second-order valence-electron chi connectivity index (χ2n) is 27.6. The number of benzene rings is 10. The molecule has 10 aromatic carbocycles. The quantitative estimate of drug-likeness (QED) is 0.0894. The molecule has 0 amide bonds. The van der Waals surface area contributed by atoms with Crippen LogP contribution in [0.3, 0.4) is 0 Å². The molecule has 0 spiro atoms. The van der Waals surface area contributed by atoms with Crippen LogP contribution in [0.1, 0.15) is 58.2 Å². The molecule has 548 valence electrons. The Morgan fingerprint density at radius 3 is 1.25 bits per heavy atom. The fraction of sp³-hybridized carbons (Fsp3) is 0.0989. The van der Waals surface area contributed by atoms with Crippen molar-refractivity contribution in [3.8, 4) is 28.9 Å². The van der Waals surface area contributed by atoms with Gasteiger partial charge in [-0.05, 0) is 186 Å². The van der Waals surface area contributed by atoms with Gasteiger partial charge in [-0.25, -0.2) is 15.0 Å². The van der Waals surface area contributed by atoms with Gasteiger partial charge < -0.3 is 58.8 Å². The van der Waals surface area contributed by atoms with E-state index in [-0.39, 0.29) is 86.0 Å². The monoisotopic (exact) mass is 1970 g/mol. The van der Waals surface area contributed by atoms with Gasteiger partial charge in [0.15, 0.2) is 0 Å². The Bertz CT molecular complexity index is 5720. The normalized spacial score (nSPS) is 13.2. The van der Waals surface area contributed by atoms with Crippen molar-refractivity contribution in [2.45, 2.75) is 58.2 Å². The van der Waals surface area contributed by atoms with E-state index in [2.05, 4.69) is 236 Å². The van der Waals surface area contributed by atoms with E-state index in [4.69, 9.17) is 0 Å². The summed E-state index contributed by atoms with van der Waals surface area (Å²) in [5, 5.41) is 35.8. The molecule has 0 bridgehead atoms. The number of fused-ring (bicyclic) bond motifs is 7. The van der Waals surface area contributed by atoms with Crippen LogP contribution in [-0.4, -0.2) is 49.2 Å². The molecule has 0 aliphatic carbocycles. The molecule has 109 heavy (non-hydrogen) atoms. The number of hydrogen-bond donors (Lipinski definition) is 3. The van der Waals surface area contributed by atoms with Crippen LogP contribution in [0.4, 0.5) is 45.6 Å². The van der Waals surface area contributed by atoms with Crippen LogP contribution in [0.25, 0.3) is 55.2 Å². The van der Waals surface area contributed by atoms with Crippen molar-refractivity contribution in [1.82, 2.24) is 33.9 Å². The summed E-state index contributed by atoms with van der Waals surface area (Å²) >= 11 is 0. The number of phenols is 3. The maximum Gasteiger partial charge on any atom is 2.00 e. The van der Waals surface area contributed by atoms with Crippen LogP contribution in [0.15, 0.2) is 316 Å². The molecular formula is C91H76N12O3Pt3. The van der Waals surface area contributed by atoms with Gasteiger partial charge in [0, 0.05) is 63.3 Å². The van der Waals surface area contributed by atoms with E-state index in [1.807, 2.05) is 194 Å². The van der Waals surface area contributed by atoms with Gasteiger partial charge in [0.25, 0.3) is 0 Å². The Kier molecular flexibility index (Phi) is 22.3. The summed E-state index contributed by atoms with van der Waals surface area (Å²) in [6, 6.07) is 101. The first-order valence-corrected chi connectivity index (χ1v) is 35.2. The van der Waals surface area contributed by atoms with Crippen LogP contribution in [0, 0.1) is 38.2 Å². The van der Waals surface area contributed by atoms with Crippen molar-refractivity contribution < 1.29 is 78.5 Å². The van der Waals surface area contributed by atoms with E-state index < -0.39 is 11.1 Å². The summed E-state index contributed by atoms with van der Waals surface area (Å²) < 4.78 is 4.38. The first kappa shape index (κ1) is 76.0. The van der Waals surface area contributed by atoms with E-state index >= 15 is 0 Å². The zero-order valence-corrected chi connectivity index (χ0v) is 67.2. The van der Waals surface area contributed by atoms with Gasteiger partial charge in [-0.1, -0.05) is 138 Å². The maximum absolute atomic E-state index is 10.6. The average Bonchev–Trinajstić information content (AvgIpc) is 1.58. The Hall–Kier alpha value is -11.2. The Labute approximate surface area is 679 Å². The van der Waals surface area contributed by atoms with Gasteiger partial charge in [-0.2, -0.15) is 67.9 Å². The minimum Gasteiger partial charge on any atom is -0.506 e. The van der Waals surface area contributed by atoms with E-state index in [9.17, 15) is 15.3 Å². The zero-order valence-electron chi connectivity index (χ0n) is 60.4. The molecule has 18 rings (SSSR count). The minimum absolute atomic E-state index is 0. The summed E-state index contributed by atoms with van der Waals surface area (Å²) in [7, 11) is 0. The smallest absolute Gasteiger partial charge is 0.506 e. The van der Waals surface area contributed by atoms with Crippen molar-refractivity contribution in [2.75, 3.05) is 24.5 Å².